The molecule has 2 aromatic rings. The van der Waals surface area contributed by atoms with Gasteiger partial charge in [-0.2, -0.15) is 5.10 Å². The van der Waals surface area contributed by atoms with Gasteiger partial charge >= 0.3 is 0 Å². The van der Waals surface area contributed by atoms with Gasteiger partial charge in [-0.3, -0.25) is 14.4 Å². The van der Waals surface area contributed by atoms with Crippen molar-refractivity contribution in [3.8, 4) is 0 Å². The van der Waals surface area contributed by atoms with Gasteiger partial charge in [0.2, 0.25) is 0 Å². The Kier molecular flexibility index (Phi) is 5.13. The van der Waals surface area contributed by atoms with Crippen LogP contribution in [0.5, 0.6) is 0 Å². The molecule has 6 nitrogen and oxygen atoms in total. The third-order valence-corrected chi connectivity index (χ3v) is 4.46. The Bertz CT molecular complexity index is 736. The summed E-state index contributed by atoms with van der Waals surface area (Å²) in [6, 6.07) is 4.64. The molecule has 1 saturated heterocycles. The SMILES string of the molecule is CC(C)c1cc(C(=O)N(c2ccc(F)cn2)C2CCOCC2)nn1C. The molecule has 1 aliphatic rings. The monoisotopic (exact) mass is 346 g/mol. The maximum atomic E-state index is 13.3. The number of nitrogens with zero attached hydrogens (tertiary/aromatic N) is 4. The van der Waals surface area contributed by atoms with Crippen molar-refractivity contribution < 1.29 is 13.9 Å². The first-order chi connectivity index (χ1) is 12.0. The van der Waals surface area contributed by atoms with Crippen LogP contribution in [0.2, 0.25) is 0 Å². The lowest BCUT2D eigenvalue weighted by atomic mass is 10.1. The van der Waals surface area contributed by atoms with E-state index in [0.717, 1.165) is 11.9 Å². The molecular formula is C18H23FN4O2. The first-order valence-electron chi connectivity index (χ1n) is 8.54. The normalized spacial score (nSPS) is 15.6. The molecule has 0 aliphatic carbocycles. The van der Waals surface area contributed by atoms with E-state index in [1.807, 2.05) is 13.1 Å². The Hall–Kier alpha value is -2.28. The maximum Gasteiger partial charge on any atom is 0.280 e. The van der Waals surface area contributed by atoms with Gasteiger partial charge in [0, 0.05) is 32.0 Å². The number of aryl methyl sites for hydroxylation is 1. The van der Waals surface area contributed by atoms with Gasteiger partial charge in [-0.25, -0.2) is 9.37 Å². The summed E-state index contributed by atoms with van der Waals surface area (Å²) in [4.78, 5) is 18.9. The van der Waals surface area contributed by atoms with E-state index in [0.29, 0.717) is 37.6 Å². The minimum atomic E-state index is -0.428. The number of hydrogen-bond donors (Lipinski definition) is 0. The summed E-state index contributed by atoms with van der Waals surface area (Å²) in [5, 5.41) is 4.38. The number of carbonyl (C=O) groups excluding carboxylic acids is 1. The largest absolute Gasteiger partial charge is 0.381 e. The molecule has 0 radical (unpaired) electrons. The van der Waals surface area contributed by atoms with E-state index >= 15 is 0 Å². The first kappa shape index (κ1) is 17.5. The number of anilines is 1. The van der Waals surface area contributed by atoms with Gasteiger partial charge in [0.1, 0.15) is 11.6 Å². The average Bonchev–Trinajstić information content (AvgIpc) is 3.00. The topological polar surface area (TPSA) is 60.3 Å². The Morgan fingerprint density at radius 3 is 2.64 bits per heavy atom. The van der Waals surface area contributed by atoms with E-state index in [1.54, 1.807) is 9.58 Å². The summed E-state index contributed by atoms with van der Waals surface area (Å²) in [5.74, 6) is 0.0612. The van der Waals surface area contributed by atoms with E-state index in [2.05, 4.69) is 23.9 Å². The standard InChI is InChI=1S/C18H23FN4O2/c1-12(2)16-10-15(21-22(16)3)18(24)23(14-6-8-25-9-7-14)17-5-4-13(19)11-20-17/h4-5,10-12,14H,6-9H2,1-3H3. The van der Waals surface area contributed by atoms with Gasteiger partial charge in [0.25, 0.3) is 5.91 Å². The van der Waals surface area contributed by atoms with E-state index in [-0.39, 0.29) is 17.9 Å². The fourth-order valence-electron chi connectivity index (χ4n) is 3.16. The second kappa shape index (κ2) is 7.31. The summed E-state index contributed by atoms with van der Waals surface area (Å²) in [7, 11) is 1.83. The number of halogens is 1. The first-order valence-corrected chi connectivity index (χ1v) is 8.54. The Morgan fingerprint density at radius 1 is 1.36 bits per heavy atom. The molecule has 0 bridgehead atoms. The summed E-state index contributed by atoms with van der Waals surface area (Å²) in [6.45, 7) is 5.30. The van der Waals surface area contributed by atoms with Crippen LogP contribution in [0.15, 0.2) is 24.4 Å². The van der Waals surface area contributed by atoms with Crippen LogP contribution in [-0.2, 0) is 11.8 Å². The van der Waals surface area contributed by atoms with Crippen LogP contribution in [0.25, 0.3) is 0 Å². The lowest BCUT2D eigenvalue weighted by Crippen LogP contribution is -2.44. The fraction of sp³-hybridized carbons (Fsp3) is 0.500. The molecule has 1 aliphatic heterocycles. The number of aromatic nitrogens is 3. The highest BCUT2D eigenvalue weighted by Gasteiger charge is 2.31. The number of amides is 1. The minimum Gasteiger partial charge on any atom is -0.381 e. The highest BCUT2D eigenvalue weighted by Crippen LogP contribution is 2.24. The molecule has 0 spiro atoms. The van der Waals surface area contributed by atoms with Crippen molar-refractivity contribution in [2.24, 2.45) is 7.05 Å². The Morgan fingerprint density at radius 2 is 2.08 bits per heavy atom. The third-order valence-electron chi connectivity index (χ3n) is 4.46. The van der Waals surface area contributed by atoms with Crippen molar-refractivity contribution in [3.05, 3.63) is 41.6 Å². The van der Waals surface area contributed by atoms with Gasteiger partial charge in [-0.15, -0.1) is 0 Å². The van der Waals surface area contributed by atoms with Crippen LogP contribution in [0.3, 0.4) is 0 Å². The number of carbonyl (C=O) groups is 1. The molecule has 0 aromatic carbocycles. The van der Waals surface area contributed by atoms with Crippen LogP contribution in [0.4, 0.5) is 10.2 Å². The zero-order chi connectivity index (χ0) is 18.0. The average molecular weight is 346 g/mol. The highest BCUT2D eigenvalue weighted by atomic mass is 19.1. The molecule has 0 N–H and O–H groups in total. The fourth-order valence-corrected chi connectivity index (χ4v) is 3.16. The lowest BCUT2D eigenvalue weighted by molar-refractivity contribution is 0.0768. The molecular weight excluding hydrogens is 323 g/mol. The van der Waals surface area contributed by atoms with Crippen molar-refractivity contribution >= 4 is 11.7 Å². The van der Waals surface area contributed by atoms with Crippen molar-refractivity contribution in [2.45, 2.75) is 38.6 Å². The molecule has 0 atom stereocenters. The van der Waals surface area contributed by atoms with Gasteiger partial charge in [-0.1, -0.05) is 13.8 Å². The Balaban J connectivity index is 1.96. The molecule has 3 heterocycles. The molecule has 1 amide bonds. The number of ether oxygens (including phenoxy) is 1. The molecule has 1 fully saturated rings. The van der Waals surface area contributed by atoms with Crippen LogP contribution in [-0.4, -0.2) is 39.9 Å². The molecule has 0 unspecified atom stereocenters. The summed E-state index contributed by atoms with van der Waals surface area (Å²) >= 11 is 0. The third kappa shape index (κ3) is 3.71. The predicted octanol–water partition coefficient (Wildman–Crippen LogP) is 2.90. The Labute approximate surface area is 146 Å². The van der Waals surface area contributed by atoms with Crippen LogP contribution in [0.1, 0.15) is 48.8 Å². The smallest absolute Gasteiger partial charge is 0.280 e. The zero-order valence-corrected chi connectivity index (χ0v) is 14.8. The number of hydrogen-bond acceptors (Lipinski definition) is 4. The van der Waals surface area contributed by atoms with Gasteiger partial charge in [0.15, 0.2) is 5.69 Å². The maximum absolute atomic E-state index is 13.3. The highest BCUT2D eigenvalue weighted by molar-refractivity contribution is 6.04. The molecule has 7 heteroatoms. The quantitative estimate of drug-likeness (QED) is 0.854. The molecule has 134 valence electrons. The van der Waals surface area contributed by atoms with Crippen molar-refractivity contribution in [3.63, 3.8) is 0 Å². The van der Waals surface area contributed by atoms with Gasteiger partial charge < -0.3 is 4.74 Å². The predicted molar refractivity (Wildman–Crippen MR) is 92.1 cm³/mol. The number of pyridine rings is 1. The van der Waals surface area contributed by atoms with Crippen molar-refractivity contribution in [1.82, 2.24) is 14.8 Å². The van der Waals surface area contributed by atoms with E-state index in [9.17, 15) is 9.18 Å². The molecule has 3 rings (SSSR count). The zero-order valence-electron chi connectivity index (χ0n) is 14.8. The van der Waals surface area contributed by atoms with Crippen LogP contribution < -0.4 is 4.90 Å². The summed E-state index contributed by atoms with van der Waals surface area (Å²) in [6.07, 6.45) is 2.57. The van der Waals surface area contributed by atoms with E-state index < -0.39 is 5.82 Å². The van der Waals surface area contributed by atoms with Crippen molar-refractivity contribution in [1.29, 1.82) is 0 Å². The molecule has 25 heavy (non-hydrogen) atoms. The van der Waals surface area contributed by atoms with Gasteiger partial charge in [0.05, 0.1) is 6.20 Å². The second-order valence-electron chi connectivity index (χ2n) is 6.59. The van der Waals surface area contributed by atoms with Crippen molar-refractivity contribution in [2.75, 3.05) is 18.1 Å². The second-order valence-corrected chi connectivity index (χ2v) is 6.59. The van der Waals surface area contributed by atoms with Gasteiger partial charge in [-0.05, 0) is 37.0 Å². The summed E-state index contributed by atoms with van der Waals surface area (Å²) < 4.78 is 20.4. The van der Waals surface area contributed by atoms with Crippen LogP contribution >= 0.6 is 0 Å². The molecule has 2 aromatic heterocycles. The summed E-state index contributed by atoms with van der Waals surface area (Å²) in [5.41, 5.74) is 1.37. The lowest BCUT2D eigenvalue weighted by Gasteiger charge is -2.33. The van der Waals surface area contributed by atoms with E-state index in [4.69, 9.17) is 4.74 Å². The number of rotatable bonds is 4. The van der Waals surface area contributed by atoms with Crippen LogP contribution in [0, 0.1) is 5.82 Å². The molecule has 0 saturated carbocycles. The van der Waals surface area contributed by atoms with E-state index in [1.165, 1.54) is 12.1 Å². The minimum absolute atomic E-state index is 0.0382.